The summed E-state index contributed by atoms with van der Waals surface area (Å²) in [5.74, 6) is -25.9. The first-order valence-corrected chi connectivity index (χ1v) is 6.30. The van der Waals surface area contributed by atoms with E-state index < -0.39 is 74.8 Å². The summed E-state index contributed by atoms with van der Waals surface area (Å²) in [6.45, 7) is 0. The van der Waals surface area contributed by atoms with E-state index >= 15 is 0 Å². The maximum Gasteiger partial charge on any atom is 0.422 e. The molecule has 2 aromatic rings. The summed E-state index contributed by atoms with van der Waals surface area (Å²) in [6, 6.07) is 0. The van der Waals surface area contributed by atoms with Crippen molar-refractivity contribution in [2.45, 2.75) is 6.18 Å². The summed E-state index contributed by atoms with van der Waals surface area (Å²) in [5.41, 5.74) is -2.99. The van der Waals surface area contributed by atoms with Gasteiger partial charge in [0, 0.05) is 0 Å². The summed E-state index contributed by atoms with van der Waals surface area (Å²) in [7, 11) is 0. The van der Waals surface area contributed by atoms with Crippen LogP contribution in [0, 0.1) is 46.5 Å². The molecule has 0 fully saturated rings. The molecule has 13 heteroatoms. The van der Waals surface area contributed by atoms with Crippen LogP contribution in [0.1, 0.15) is 5.56 Å². The second kappa shape index (κ2) is 6.49. The van der Waals surface area contributed by atoms with Crippen LogP contribution in [0.15, 0.2) is 0 Å². The van der Waals surface area contributed by atoms with Crippen LogP contribution in [0.2, 0.25) is 5.02 Å². The maximum absolute atomic E-state index is 13.6. The Bertz CT molecular complexity index is 848. The molecule has 1 nitrogen and oxygen atoms in total. The van der Waals surface area contributed by atoms with Crippen LogP contribution in [-0.4, -0.2) is 0 Å². The van der Waals surface area contributed by atoms with Crippen molar-refractivity contribution in [2.75, 3.05) is 0 Å². The van der Waals surface area contributed by atoms with Gasteiger partial charge >= 0.3 is 6.18 Å². The zero-order chi connectivity index (χ0) is 20.1. The molecule has 142 valence electrons. The van der Waals surface area contributed by atoms with Crippen molar-refractivity contribution in [1.29, 1.82) is 0 Å². The van der Waals surface area contributed by atoms with Crippen LogP contribution in [-0.2, 0) is 6.18 Å². The van der Waals surface area contributed by atoms with E-state index in [1.165, 1.54) is 0 Å². The molecule has 0 N–H and O–H groups in total. The number of hydrogen-bond acceptors (Lipinski definition) is 1. The molecule has 2 aromatic carbocycles. The number of alkyl halides is 3. The Morgan fingerprint density at radius 3 is 1.15 bits per heavy atom. The summed E-state index contributed by atoms with van der Waals surface area (Å²) >= 11 is 4.87. The van der Waals surface area contributed by atoms with Crippen LogP contribution in [0.25, 0.3) is 0 Å². The molecule has 0 amide bonds. The van der Waals surface area contributed by atoms with Crippen molar-refractivity contribution < 1.29 is 53.0 Å². The third kappa shape index (κ3) is 3.02. The van der Waals surface area contributed by atoms with E-state index in [0.717, 1.165) is 0 Å². The lowest BCUT2D eigenvalue weighted by atomic mass is 10.1. The van der Waals surface area contributed by atoms with Crippen molar-refractivity contribution in [3.63, 3.8) is 0 Å². The zero-order valence-electron chi connectivity index (χ0n) is 11.4. The molecule has 0 aliphatic carbocycles. The molecular weight excluding hydrogens is 417 g/mol. The highest BCUT2D eigenvalue weighted by Crippen LogP contribution is 2.42. The topological polar surface area (TPSA) is 9.23 Å². The number of benzene rings is 2. The molecule has 0 spiro atoms. The molecule has 0 saturated carbocycles. The average molecular weight is 417 g/mol. The number of halogens is 12. The number of rotatable bonds is 2. The Labute approximate surface area is 140 Å². The fourth-order valence-electron chi connectivity index (χ4n) is 1.73. The lowest BCUT2D eigenvalue weighted by Crippen LogP contribution is -2.16. The molecule has 0 saturated heterocycles. The van der Waals surface area contributed by atoms with Gasteiger partial charge in [0.05, 0.1) is 0 Å². The summed E-state index contributed by atoms with van der Waals surface area (Å²) < 4.78 is 148. The standard InChI is InChI=1S/C13ClF11O/c14-2-5(17)9(21)12(10(22)6(2)18)26-11-7(19)3(15)1(13(23,24)25)4(16)8(11)20. The summed E-state index contributed by atoms with van der Waals surface area (Å²) in [6.07, 6.45) is -5.89. The minimum Gasteiger partial charge on any atom is -0.444 e. The molecule has 0 aliphatic heterocycles. The van der Waals surface area contributed by atoms with Crippen molar-refractivity contribution in [2.24, 2.45) is 0 Å². The van der Waals surface area contributed by atoms with Gasteiger partial charge in [-0.1, -0.05) is 11.6 Å². The van der Waals surface area contributed by atoms with Gasteiger partial charge in [-0.2, -0.15) is 30.7 Å². The summed E-state index contributed by atoms with van der Waals surface area (Å²) in [5, 5.41) is -1.72. The monoisotopic (exact) mass is 416 g/mol. The van der Waals surface area contributed by atoms with Crippen LogP contribution >= 0.6 is 11.6 Å². The Balaban J connectivity index is 2.75. The Kier molecular flexibility index (Phi) is 5.01. The van der Waals surface area contributed by atoms with Gasteiger partial charge in [-0.15, -0.1) is 0 Å². The van der Waals surface area contributed by atoms with Gasteiger partial charge in [0.15, 0.2) is 23.3 Å². The highest BCUT2D eigenvalue weighted by molar-refractivity contribution is 6.30. The number of ether oxygens (including phenoxy) is 1. The average Bonchev–Trinajstić information content (AvgIpc) is 2.55. The molecule has 0 bridgehead atoms. The lowest BCUT2D eigenvalue weighted by Gasteiger charge is -2.15. The highest BCUT2D eigenvalue weighted by Gasteiger charge is 2.43. The molecule has 0 unspecified atom stereocenters. The van der Waals surface area contributed by atoms with Crippen LogP contribution in [0.3, 0.4) is 0 Å². The Hall–Kier alpha value is -2.24. The van der Waals surface area contributed by atoms with E-state index in [1.54, 1.807) is 0 Å². The predicted molar refractivity (Wildman–Crippen MR) is 62.6 cm³/mol. The van der Waals surface area contributed by atoms with E-state index in [4.69, 9.17) is 11.6 Å². The second-order valence-electron chi connectivity index (χ2n) is 4.46. The molecule has 0 heterocycles. The van der Waals surface area contributed by atoms with Gasteiger partial charge in [0.2, 0.25) is 34.8 Å². The first-order valence-electron chi connectivity index (χ1n) is 5.93. The molecule has 2 rings (SSSR count). The van der Waals surface area contributed by atoms with Gasteiger partial charge in [0.25, 0.3) is 0 Å². The quantitative estimate of drug-likeness (QED) is 0.319. The van der Waals surface area contributed by atoms with Crippen LogP contribution in [0.4, 0.5) is 48.3 Å². The number of hydrogen-bond donors (Lipinski definition) is 0. The van der Waals surface area contributed by atoms with Crippen molar-refractivity contribution in [3.05, 3.63) is 57.1 Å². The lowest BCUT2D eigenvalue weighted by molar-refractivity contribution is -0.143. The first-order chi connectivity index (χ1) is 11.8. The van der Waals surface area contributed by atoms with Crippen molar-refractivity contribution in [3.8, 4) is 11.5 Å². The molecular formula is C13ClF11O. The fraction of sp³-hybridized carbons (Fsp3) is 0.0769. The van der Waals surface area contributed by atoms with Gasteiger partial charge in [-0.25, -0.2) is 17.6 Å². The third-order valence-electron chi connectivity index (χ3n) is 2.88. The maximum atomic E-state index is 13.6. The second-order valence-corrected chi connectivity index (χ2v) is 4.84. The predicted octanol–water partition coefficient (Wildman–Crippen LogP) is 6.26. The minimum atomic E-state index is -5.89. The van der Waals surface area contributed by atoms with E-state index in [9.17, 15) is 48.3 Å². The Morgan fingerprint density at radius 1 is 0.538 bits per heavy atom. The van der Waals surface area contributed by atoms with Gasteiger partial charge in [-0.3, -0.25) is 0 Å². The molecule has 0 atom stereocenters. The van der Waals surface area contributed by atoms with Gasteiger partial charge < -0.3 is 4.74 Å². The van der Waals surface area contributed by atoms with Crippen LogP contribution < -0.4 is 4.74 Å². The molecule has 0 aliphatic rings. The van der Waals surface area contributed by atoms with Crippen LogP contribution in [0.5, 0.6) is 11.5 Å². The SMILES string of the molecule is Fc1c(F)c(Oc2c(F)c(F)c(C(F)(F)F)c(F)c2F)c(F)c(F)c1Cl. The van der Waals surface area contributed by atoms with E-state index in [1.807, 2.05) is 0 Å². The molecule has 26 heavy (non-hydrogen) atoms. The van der Waals surface area contributed by atoms with E-state index in [-0.39, 0.29) is 0 Å². The summed E-state index contributed by atoms with van der Waals surface area (Å²) in [4.78, 5) is 0. The molecule has 0 aromatic heterocycles. The van der Waals surface area contributed by atoms with Gasteiger partial charge in [-0.05, 0) is 0 Å². The van der Waals surface area contributed by atoms with E-state index in [0.29, 0.717) is 0 Å². The van der Waals surface area contributed by atoms with Gasteiger partial charge in [0.1, 0.15) is 10.6 Å². The minimum absolute atomic E-state index is 1.72. The van der Waals surface area contributed by atoms with Crippen molar-refractivity contribution >= 4 is 11.6 Å². The largest absolute Gasteiger partial charge is 0.444 e. The smallest absolute Gasteiger partial charge is 0.422 e. The molecule has 0 radical (unpaired) electrons. The highest BCUT2D eigenvalue weighted by atomic mass is 35.5. The Morgan fingerprint density at radius 2 is 0.846 bits per heavy atom. The van der Waals surface area contributed by atoms with E-state index in [2.05, 4.69) is 4.74 Å². The normalized spacial score (nSPS) is 11.8. The zero-order valence-corrected chi connectivity index (χ0v) is 12.2. The van der Waals surface area contributed by atoms with Crippen molar-refractivity contribution in [1.82, 2.24) is 0 Å². The fourth-order valence-corrected chi connectivity index (χ4v) is 1.89. The third-order valence-corrected chi connectivity index (χ3v) is 3.21. The first kappa shape index (κ1) is 20.1.